The van der Waals surface area contributed by atoms with Gasteiger partial charge >= 0.3 is 5.97 Å². The molecule has 1 N–H and O–H groups in total. The number of esters is 1. The molecule has 0 bridgehead atoms. The lowest BCUT2D eigenvalue weighted by atomic mass is 10.2. The Hall–Kier alpha value is -3.26. The van der Waals surface area contributed by atoms with Crippen molar-refractivity contribution in [1.82, 2.24) is 4.90 Å². The molecule has 8 heteroatoms. The molecule has 29 heavy (non-hydrogen) atoms. The van der Waals surface area contributed by atoms with E-state index in [1.165, 1.54) is 32.0 Å². The Kier molecular flexibility index (Phi) is 6.23. The Bertz CT molecular complexity index is 999. The van der Waals surface area contributed by atoms with Gasteiger partial charge in [-0.05, 0) is 66.7 Å². The molecule has 0 spiro atoms. The van der Waals surface area contributed by atoms with Gasteiger partial charge in [-0.1, -0.05) is 6.07 Å². The van der Waals surface area contributed by atoms with Crippen molar-refractivity contribution in [2.45, 2.75) is 6.92 Å². The predicted octanol–water partition coefficient (Wildman–Crippen LogP) is 3.81. The number of hydrogen-bond donors (Lipinski definition) is 1. The normalized spacial score (nSPS) is 16.5. The second kappa shape index (κ2) is 8.83. The van der Waals surface area contributed by atoms with E-state index in [1.54, 1.807) is 47.4 Å². The number of aliphatic imine (C=N–C) groups is 1. The number of rotatable bonds is 5. The maximum atomic E-state index is 12.8. The molecule has 0 radical (unpaired) electrons. The second-order valence-electron chi connectivity index (χ2n) is 6.02. The van der Waals surface area contributed by atoms with Crippen LogP contribution in [0.4, 0.5) is 5.69 Å². The van der Waals surface area contributed by atoms with E-state index >= 15 is 0 Å². The van der Waals surface area contributed by atoms with Gasteiger partial charge in [-0.3, -0.25) is 9.69 Å². The van der Waals surface area contributed by atoms with Crippen LogP contribution < -0.4 is 4.74 Å². The van der Waals surface area contributed by atoms with Crippen LogP contribution in [0.25, 0.3) is 6.08 Å². The van der Waals surface area contributed by atoms with E-state index in [0.29, 0.717) is 33.6 Å². The quantitative estimate of drug-likeness (QED) is 0.593. The maximum absolute atomic E-state index is 12.8. The molecular weight excluding hydrogens is 392 g/mol. The molecule has 1 amide bonds. The standard InChI is InChI=1S/C21H20N2O5S/c1-4-23-19(25)18(12-13-5-10-16(24)17(11-13)27-2)29-21(23)22-15-8-6-14(7-9-15)20(26)28-3/h5-12,24H,4H2,1-3H3. The first kappa shape index (κ1) is 20.5. The van der Waals surface area contributed by atoms with Crippen LogP contribution in [0.1, 0.15) is 22.8 Å². The van der Waals surface area contributed by atoms with Crippen LogP contribution in [0.15, 0.2) is 52.4 Å². The van der Waals surface area contributed by atoms with Crippen molar-refractivity contribution in [3.8, 4) is 11.5 Å². The van der Waals surface area contributed by atoms with Gasteiger partial charge in [0, 0.05) is 6.54 Å². The van der Waals surface area contributed by atoms with E-state index in [2.05, 4.69) is 9.73 Å². The number of carbonyl (C=O) groups is 2. The SMILES string of the molecule is CCN1C(=O)C(=Cc2ccc(O)c(OC)c2)SC1=Nc1ccc(C(=O)OC)cc1. The van der Waals surface area contributed by atoms with Gasteiger partial charge in [-0.15, -0.1) is 0 Å². The van der Waals surface area contributed by atoms with Crippen LogP contribution in [-0.4, -0.2) is 47.8 Å². The fourth-order valence-electron chi connectivity index (χ4n) is 2.71. The van der Waals surface area contributed by atoms with Crippen LogP contribution in [0.5, 0.6) is 11.5 Å². The first-order valence-corrected chi connectivity index (χ1v) is 9.64. The molecule has 1 aliphatic rings. The van der Waals surface area contributed by atoms with Crippen molar-refractivity contribution in [2.75, 3.05) is 20.8 Å². The molecule has 2 aromatic carbocycles. The summed E-state index contributed by atoms with van der Waals surface area (Å²) in [6, 6.07) is 11.5. The van der Waals surface area contributed by atoms with Gasteiger partial charge in [0.05, 0.1) is 30.4 Å². The first-order chi connectivity index (χ1) is 14.0. The second-order valence-corrected chi connectivity index (χ2v) is 7.03. The third-order valence-corrected chi connectivity index (χ3v) is 5.23. The molecule has 2 aromatic rings. The molecule has 1 saturated heterocycles. The van der Waals surface area contributed by atoms with E-state index in [9.17, 15) is 14.7 Å². The summed E-state index contributed by atoms with van der Waals surface area (Å²) in [5.41, 5.74) is 1.79. The number of thioether (sulfide) groups is 1. The van der Waals surface area contributed by atoms with E-state index in [1.807, 2.05) is 6.92 Å². The van der Waals surface area contributed by atoms with Gasteiger partial charge in [0.15, 0.2) is 16.7 Å². The van der Waals surface area contributed by atoms with Crippen molar-refractivity contribution in [3.63, 3.8) is 0 Å². The lowest BCUT2D eigenvalue weighted by Crippen LogP contribution is -2.28. The van der Waals surface area contributed by atoms with E-state index in [-0.39, 0.29) is 11.7 Å². The number of likely N-dealkylation sites (N-methyl/N-ethyl adjacent to an activating group) is 1. The molecule has 7 nitrogen and oxygen atoms in total. The molecule has 1 fully saturated rings. The highest BCUT2D eigenvalue weighted by Gasteiger charge is 2.32. The number of nitrogens with zero attached hydrogens (tertiary/aromatic N) is 2. The molecule has 0 saturated carbocycles. The molecule has 1 aliphatic heterocycles. The Morgan fingerprint density at radius 1 is 1.21 bits per heavy atom. The predicted molar refractivity (Wildman–Crippen MR) is 112 cm³/mol. The average molecular weight is 412 g/mol. The summed E-state index contributed by atoms with van der Waals surface area (Å²) in [6.45, 7) is 2.35. The van der Waals surface area contributed by atoms with Gasteiger partial charge in [0.2, 0.25) is 0 Å². The lowest BCUT2D eigenvalue weighted by molar-refractivity contribution is -0.122. The van der Waals surface area contributed by atoms with Gasteiger partial charge in [0.25, 0.3) is 5.91 Å². The summed E-state index contributed by atoms with van der Waals surface area (Å²) >= 11 is 1.27. The summed E-state index contributed by atoms with van der Waals surface area (Å²) in [6.07, 6.45) is 1.74. The summed E-state index contributed by atoms with van der Waals surface area (Å²) in [5, 5.41) is 10.3. The molecular formula is C21H20N2O5S. The number of benzene rings is 2. The molecule has 0 aromatic heterocycles. The summed E-state index contributed by atoms with van der Waals surface area (Å²) < 4.78 is 9.80. The lowest BCUT2D eigenvalue weighted by Gasteiger charge is -2.12. The number of ether oxygens (including phenoxy) is 2. The number of amides is 1. The fraction of sp³-hybridized carbons (Fsp3) is 0.190. The maximum Gasteiger partial charge on any atom is 0.337 e. The highest BCUT2D eigenvalue weighted by molar-refractivity contribution is 8.18. The number of amidine groups is 1. The zero-order chi connectivity index (χ0) is 21.0. The van der Waals surface area contributed by atoms with Crippen LogP contribution in [-0.2, 0) is 9.53 Å². The largest absolute Gasteiger partial charge is 0.504 e. The van der Waals surface area contributed by atoms with E-state index in [0.717, 1.165) is 5.56 Å². The van der Waals surface area contributed by atoms with Crippen LogP contribution in [0.3, 0.4) is 0 Å². The van der Waals surface area contributed by atoms with Crippen molar-refractivity contribution >= 4 is 40.6 Å². The van der Waals surface area contributed by atoms with Crippen LogP contribution >= 0.6 is 11.8 Å². The number of aromatic hydroxyl groups is 1. The molecule has 0 unspecified atom stereocenters. The Balaban J connectivity index is 1.88. The average Bonchev–Trinajstić information content (AvgIpc) is 3.03. The Morgan fingerprint density at radius 3 is 2.55 bits per heavy atom. The molecule has 150 valence electrons. The highest BCUT2D eigenvalue weighted by Crippen LogP contribution is 2.35. The minimum atomic E-state index is -0.417. The monoisotopic (exact) mass is 412 g/mol. The Labute approximate surface area is 172 Å². The van der Waals surface area contributed by atoms with Gasteiger partial charge in [-0.25, -0.2) is 9.79 Å². The third kappa shape index (κ3) is 4.43. The number of hydrogen-bond acceptors (Lipinski definition) is 7. The molecule has 3 rings (SSSR count). The number of methoxy groups -OCH3 is 2. The highest BCUT2D eigenvalue weighted by atomic mass is 32.2. The fourth-order valence-corrected chi connectivity index (χ4v) is 3.77. The van der Waals surface area contributed by atoms with Crippen molar-refractivity contribution in [2.24, 2.45) is 4.99 Å². The number of phenolic OH excluding ortho intramolecular Hbond substituents is 1. The smallest absolute Gasteiger partial charge is 0.337 e. The van der Waals surface area contributed by atoms with Crippen molar-refractivity contribution in [1.29, 1.82) is 0 Å². The van der Waals surface area contributed by atoms with Crippen LogP contribution in [0.2, 0.25) is 0 Å². The topological polar surface area (TPSA) is 88.4 Å². The van der Waals surface area contributed by atoms with Crippen LogP contribution in [0, 0.1) is 0 Å². The van der Waals surface area contributed by atoms with Crippen molar-refractivity contribution < 1.29 is 24.2 Å². The molecule has 0 atom stereocenters. The molecule has 0 aliphatic carbocycles. The zero-order valence-electron chi connectivity index (χ0n) is 16.2. The third-order valence-electron chi connectivity index (χ3n) is 4.22. The van der Waals surface area contributed by atoms with Gasteiger partial charge in [-0.2, -0.15) is 0 Å². The Morgan fingerprint density at radius 2 is 1.93 bits per heavy atom. The zero-order valence-corrected chi connectivity index (χ0v) is 17.0. The van der Waals surface area contributed by atoms with Crippen molar-refractivity contribution in [3.05, 3.63) is 58.5 Å². The summed E-state index contributed by atoms with van der Waals surface area (Å²) in [4.78, 5) is 31.0. The minimum Gasteiger partial charge on any atom is -0.504 e. The van der Waals surface area contributed by atoms with E-state index in [4.69, 9.17) is 4.74 Å². The minimum absolute atomic E-state index is 0.0351. The van der Waals surface area contributed by atoms with Gasteiger partial charge < -0.3 is 14.6 Å². The number of carbonyl (C=O) groups excluding carboxylic acids is 2. The van der Waals surface area contributed by atoms with Gasteiger partial charge in [0.1, 0.15) is 0 Å². The first-order valence-electron chi connectivity index (χ1n) is 8.82. The number of phenols is 1. The van der Waals surface area contributed by atoms with E-state index < -0.39 is 5.97 Å². The summed E-state index contributed by atoms with van der Waals surface area (Å²) in [5.74, 6) is -0.191. The molecule has 1 heterocycles. The summed E-state index contributed by atoms with van der Waals surface area (Å²) in [7, 11) is 2.80.